The lowest BCUT2D eigenvalue weighted by Crippen LogP contribution is -2.34. The van der Waals surface area contributed by atoms with E-state index in [1.54, 1.807) is 0 Å². The van der Waals surface area contributed by atoms with E-state index in [1.165, 1.54) is 11.8 Å². The minimum atomic E-state index is -4.75. The molecule has 4 rings (SSSR count). The summed E-state index contributed by atoms with van der Waals surface area (Å²) < 4.78 is 44.1. The van der Waals surface area contributed by atoms with Gasteiger partial charge in [0, 0.05) is 33.1 Å². The number of alkyl halides is 3. The fourth-order valence-electron chi connectivity index (χ4n) is 4.52. The number of rotatable bonds is 5. The Morgan fingerprint density at radius 2 is 1.83 bits per heavy atom. The summed E-state index contributed by atoms with van der Waals surface area (Å²) in [7, 11) is 0. The van der Waals surface area contributed by atoms with E-state index in [9.17, 15) is 18.0 Å². The van der Waals surface area contributed by atoms with Crippen LogP contribution in [-0.2, 0) is 6.18 Å². The Labute approximate surface area is 172 Å². The van der Waals surface area contributed by atoms with E-state index in [2.05, 4.69) is 14.3 Å². The first-order valence-electron chi connectivity index (χ1n) is 10.0. The summed E-state index contributed by atoms with van der Waals surface area (Å²) in [4.78, 5) is 20.1. The number of hydrogen-bond acceptors (Lipinski definition) is 4. The molecule has 3 heterocycles. The van der Waals surface area contributed by atoms with E-state index in [-0.39, 0.29) is 23.8 Å². The van der Waals surface area contributed by atoms with Gasteiger partial charge in [-0.1, -0.05) is 42.3 Å². The number of fused-ring (bicyclic) bond motifs is 1. The maximum Gasteiger partial charge on any atom is 0.452 e. The molecule has 162 valence electrons. The lowest BCUT2D eigenvalue weighted by Gasteiger charge is -2.26. The highest BCUT2D eigenvalue weighted by Gasteiger charge is 2.46. The van der Waals surface area contributed by atoms with Crippen LogP contribution in [0.5, 0.6) is 0 Å². The SMILES string of the molecule is Cc1nc(C(=O)N2CC3CN(CC[C@H]([NH-])c4ccccc4)CC3C2)c(C(F)(F)F)o1. The molecule has 2 aliphatic heterocycles. The van der Waals surface area contributed by atoms with Crippen molar-refractivity contribution in [1.29, 1.82) is 0 Å². The van der Waals surface area contributed by atoms with Crippen LogP contribution >= 0.6 is 0 Å². The second-order valence-corrected chi connectivity index (χ2v) is 8.15. The molecule has 0 spiro atoms. The van der Waals surface area contributed by atoms with Gasteiger partial charge in [0.25, 0.3) is 5.91 Å². The first kappa shape index (κ1) is 20.9. The second-order valence-electron chi connectivity index (χ2n) is 8.15. The maximum absolute atomic E-state index is 13.1. The molecule has 2 aromatic rings. The van der Waals surface area contributed by atoms with E-state index >= 15 is 0 Å². The molecule has 6 nitrogen and oxygen atoms in total. The molecule has 2 aliphatic rings. The molecule has 2 unspecified atom stereocenters. The Hall–Kier alpha value is -2.39. The molecule has 1 aromatic heterocycles. The molecule has 0 aliphatic carbocycles. The number of hydrogen-bond donors (Lipinski definition) is 0. The number of carbonyl (C=O) groups is 1. The zero-order chi connectivity index (χ0) is 21.5. The van der Waals surface area contributed by atoms with Gasteiger partial charge in [-0.3, -0.25) is 4.79 Å². The fourth-order valence-corrected chi connectivity index (χ4v) is 4.52. The molecule has 0 radical (unpaired) electrons. The van der Waals surface area contributed by atoms with E-state index in [1.807, 2.05) is 30.3 Å². The van der Waals surface area contributed by atoms with Gasteiger partial charge in [-0.05, 0) is 18.4 Å². The number of likely N-dealkylation sites (tertiary alicyclic amines) is 2. The summed E-state index contributed by atoms with van der Waals surface area (Å²) in [6.07, 6.45) is -4.02. The first-order valence-corrected chi connectivity index (χ1v) is 10.0. The summed E-state index contributed by atoms with van der Waals surface area (Å²) in [6, 6.07) is 9.44. The molecule has 0 bridgehead atoms. The lowest BCUT2D eigenvalue weighted by molar-refractivity contribution is -0.153. The Morgan fingerprint density at radius 3 is 2.43 bits per heavy atom. The highest BCUT2D eigenvalue weighted by molar-refractivity contribution is 5.93. The van der Waals surface area contributed by atoms with Crippen LogP contribution in [0.4, 0.5) is 13.2 Å². The molecule has 1 amide bonds. The number of amides is 1. The monoisotopic (exact) mass is 421 g/mol. The predicted octanol–water partition coefficient (Wildman–Crippen LogP) is 4.19. The van der Waals surface area contributed by atoms with Gasteiger partial charge in [-0.15, -0.1) is 6.04 Å². The van der Waals surface area contributed by atoms with E-state index < -0.39 is 23.5 Å². The fraction of sp³-hybridized carbons (Fsp3) is 0.524. The van der Waals surface area contributed by atoms with Gasteiger partial charge in [0.1, 0.15) is 0 Å². The number of aryl methyl sites for hydroxylation is 1. The van der Waals surface area contributed by atoms with Crippen LogP contribution in [0.15, 0.2) is 34.7 Å². The third kappa shape index (κ3) is 4.22. The van der Waals surface area contributed by atoms with Crippen molar-refractivity contribution < 1.29 is 22.4 Å². The standard InChI is InChI=1S/C21H24F3N4O2/c1-13-26-18(19(30-13)21(22,23)24)20(29)28-11-15-9-27(10-16(15)12-28)8-7-17(25)14-5-3-2-4-6-14/h2-6,15-17,25H,7-12H2,1H3/q-1/t15?,16?,17-/m0/s1. The van der Waals surface area contributed by atoms with Crippen LogP contribution in [-0.4, -0.2) is 53.4 Å². The number of aromatic nitrogens is 1. The van der Waals surface area contributed by atoms with Crippen molar-refractivity contribution >= 4 is 5.91 Å². The lowest BCUT2D eigenvalue weighted by atomic mass is 10.0. The molecule has 1 N–H and O–H groups in total. The van der Waals surface area contributed by atoms with Gasteiger partial charge in [0.15, 0.2) is 11.6 Å². The number of benzene rings is 1. The third-order valence-electron chi connectivity index (χ3n) is 5.98. The number of nitrogens with zero attached hydrogens (tertiary/aromatic N) is 3. The van der Waals surface area contributed by atoms with Crippen LogP contribution in [0.3, 0.4) is 0 Å². The van der Waals surface area contributed by atoms with Gasteiger partial charge in [0.05, 0.1) is 0 Å². The smallest absolute Gasteiger partial charge is 0.452 e. The number of oxazole rings is 1. The predicted molar refractivity (Wildman–Crippen MR) is 104 cm³/mol. The van der Waals surface area contributed by atoms with Crippen LogP contribution < -0.4 is 0 Å². The molecule has 2 saturated heterocycles. The minimum absolute atomic E-state index is 0.167. The van der Waals surface area contributed by atoms with Gasteiger partial charge < -0.3 is 20.0 Å². The second kappa shape index (κ2) is 8.03. The summed E-state index contributed by atoms with van der Waals surface area (Å²) in [6.45, 7) is 4.53. The highest BCUT2D eigenvalue weighted by Crippen LogP contribution is 2.36. The quantitative estimate of drug-likeness (QED) is 0.726. The van der Waals surface area contributed by atoms with Gasteiger partial charge in [-0.25, -0.2) is 4.98 Å². The van der Waals surface area contributed by atoms with Crippen molar-refractivity contribution in [2.24, 2.45) is 11.8 Å². The van der Waals surface area contributed by atoms with Crippen LogP contribution in [0.2, 0.25) is 0 Å². The molecule has 1 aromatic carbocycles. The third-order valence-corrected chi connectivity index (χ3v) is 5.98. The summed E-state index contributed by atoms with van der Waals surface area (Å²) in [5, 5.41) is 0. The Balaban J connectivity index is 1.32. The molecule has 30 heavy (non-hydrogen) atoms. The van der Waals surface area contributed by atoms with Crippen LogP contribution in [0, 0.1) is 18.8 Å². The first-order chi connectivity index (χ1) is 14.2. The van der Waals surface area contributed by atoms with E-state index in [0.29, 0.717) is 13.1 Å². The highest BCUT2D eigenvalue weighted by atomic mass is 19.4. The average Bonchev–Trinajstić information content (AvgIpc) is 3.38. The minimum Gasteiger partial charge on any atom is -0.671 e. The van der Waals surface area contributed by atoms with E-state index in [4.69, 9.17) is 5.73 Å². The molecule has 2 fully saturated rings. The Kier molecular flexibility index (Phi) is 5.59. The zero-order valence-electron chi connectivity index (χ0n) is 16.7. The van der Waals surface area contributed by atoms with Crippen LogP contribution in [0.1, 0.15) is 40.2 Å². The van der Waals surface area contributed by atoms with Crippen molar-refractivity contribution in [2.45, 2.75) is 25.6 Å². The summed E-state index contributed by atoms with van der Waals surface area (Å²) in [5.41, 5.74) is 8.66. The molecule has 9 heteroatoms. The van der Waals surface area contributed by atoms with Crippen molar-refractivity contribution in [3.05, 3.63) is 59.0 Å². The molecule has 0 saturated carbocycles. The van der Waals surface area contributed by atoms with Crippen LogP contribution in [0.25, 0.3) is 5.73 Å². The zero-order valence-corrected chi connectivity index (χ0v) is 16.7. The summed E-state index contributed by atoms with van der Waals surface area (Å²) in [5.74, 6) is -1.73. The number of halogens is 3. The topological polar surface area (TPSA) is 73.4 Å². The molecule has 3 atom stereocenters. The Morgan fingerprint density at radius 1 is 1.20 bits per heavy atom. The summed E-state index contributed by atoms with van der Waals surface area (Å²) >= 11 is 0. The maximum atomic E-state index is 13.1. The average molecular weight is 421 g/mol. The molecular formula is C21H24F3N4O2-. The number of carbonyl (C=O) groups excluding carboxylic acids is 1. The normalized spacial score (nSPS) is 23.0. The van der Waals surface area contributed by atoms with Gasteiger partial charge >= 0.3 is 6.18 Å². The van der Waals surface area contributed by atoms with Crippen molar-refractivity contribution in [3.63, 3.8) is 0 Å². The Bertz CT molecular complexity index is 885. The van der Waals surface area contributed by atoms with Gasteiger partial charge in [-0.2, -0.15) is 13.2 Å². The van der Waals surface area contributed by atoms with E-state index in [0.717, 1.165) is 31.6 Å². The van der Waals surface area contributed by atoms with Crippen molar-refractivity contribution in [2.75, 3.05) is 32.7 Å². The van der Waals surface area contributed by atoms with Crippen molar-refractivity contribution in [1.82, 2.24) is 14.8 Å². The van der Waals surface area contributed by atoms with Gasteiger partial charge in [0.2, 0.25) is 5.76 Å². The van der Waals surface area contributed by atoms with Crippen molar-refractivity contribution in [3.8, 4) is 0 Å². The number of nitrogens with one attached hydrogen (secondary N) is 1. The molecular weight excluding hydrogens is 397 g/mol. The largest absolute Gasteiger partial charge is 0.671 e.